The summed E-state index contributed by atoms with van der Waals surface area (Å²) in [7, 11) is 0. The van der Waals surface area contributed by atoms with Gasteiger partial charge in [0.25, 0.3) is 5.69 Å². The maximum atomic E-state index is 13.2. The molecule has 0 aliphatic carbocycles. The Labute approximate surface area is 128 Å². The number of ketones is 1. The zero-order valence-electron chi connectivity index (χ0n) is 10.9. The second-order valence-corrected chi connectivity index (χ2v) is 5.15. The van der Waals surface area contributed by atoms with Gasteiger partial charge in [-0.1, -0.05) is 0 Å². The van der Waals surface area contributed by atoms with Gasteiger partial charge >= 0.3 is 0 Å². The van der Waals surface area contributed by atoms with Gasteiger partial charge in [0.1, 0.15) is 11.5 Å². The Morgan fingerprint density at radius 2 is 2.00 bits per heavy atom. The third kappa shape index (κ3) is 3.43. The molecule has 0 fully saturated rings. The molecule has 0 spiro atoms. The van der Waals surface area contributed by atoms with Crippen LogP contribution in [0.5, 0.6) is 0 Å². The topological polar surface area (TPSA) is 72.2 Å². The first-order valence-corrected chi connectivity index (χ1v) is 6.69. The molecule has 2 rings (SSSR count). The zero-order chi connectivity index (χ0) is 15.6. The van der Waals surface area contributed by atoms with Crippen LogP contribution in [0.1, 0.15) is 17.3 Å². The molecule has 2 aromatic carbocycles. The summed E-state index contributed by atoms with van der Waals surface area (Å²) in [4.78, 5) is 21.8. The van der Waals surface area contributed by atoms with Crippen LogP contribution in [0, 0.1) is 15.9 Å². The number of hydrogen-bond donors (Lipinski definition) is 1. The van der Waals surface area contributed by atoms with Crippen molar-refractivity contribution in [3.8, 4) is 0 Å². The van der Waals surface area contributed by atoms with Crippen LogP contribution >= 0.6 is 15.9 Å². The molecule has 0 aliphatic heterocycles. The third-order valence-electron chi connectivity index (χ3n) is 2.80. The predicted molar refractivity (Wildman–Crippen MR) is 80.5 cm³/mol. The number of nitrogens with one attached hydrogen (secondary N) is 1. The van der Waals surface area contributed by atoms with Crippen molar-refractivity contribution in [1.29, 1.82) is 0 Å². The van der Waals surface area contributed by atoms with E-state index < -0.39 is 10.7 Å². The lowest BCUT2D eigenvalue weighted by molar-refractivity contribution is -0.383. The highest BCUT2D eigenvalue weighted by atomic mass is 79.9. The van der Waals surface area contributed by atoms with Gasteiger partial charge in [-0.2, -0.15) is 0 Å². The highest BCUT2D eigenvalue weighted by Crippen LogP contribution is 2.30. The van der Waals surface area contributed by atoms with Gasteiger partial charge in [-0.3, -0.25) is 14.9 Å². The summed E-state index contributed by atoms with van der Waals surface area (Å²) >= 11 is 3.04. The van der Waals surface area contributed by atoms with Crippen molar-refractivity contribution in [2.24, 2.45) is 0 Å². The van der Waals surface area contributed by atoms with Gasteiger partial charge in [-0.05, 0) is 53.2 Å². The van der Waals surface area contributed by atoms with Crippen LogP contribution in [0.3, 0.4) is 0 Å². The second-order valence-electron chi connectivity index (χ2n) is 4.30. The number of halogens is 2. The summed E-state index contributed by atoms with van der Waals surface area (Å²) in [5.74, 6) is -0.684. The van der Waals surface area contributed by atoms with Crippen LogP contribution in [0.25, 0.3) is 0 Å². The molecule has 0 heterocycles. The first kappa shape index (κ1) is 15.1. The van der Waals surface area contributed by atoms with E-state index in [4.69, 9.17) is 0 Å². The van der Waals surface area contributed by atoms with Crippen molar-refractivity contribution in [3.05, 3.63) is 62.4 Å². The molecular weight excluding hydrogens is 343 g/mol. The largest absolute Gasteiger partial charge is 0.350 e. The van der Waals surface area contributed by atoms with E-state index in [1.165, 1.54) is 43.3 Å². The normalized spacial score (nSPS) is 10.2. The molecule has 0 saturated carbocycles. The Bertz CT molecular complexity index is 734. The molecule has 1 N–H and O–H groups in total. The molecule has 0 bridgehead atoms. The van der Waals surface area contributed by atoms with Crippen molar-refractivity contribution in [2.75, 3.05) is 5.32 Å². The van der Waals surface area contributed by atoms with Crippen molar-refractivity contribution < 1.29 is 14.1 Å². The maximum absolute atomic E-state index is 13.2. The van der Waals surface area contributed by atoms with E-state index in [-0.39, 0.29) is 27.2 Å². The Morgan fingerprint density at radius 1 is 1.29 bits per heavy atom. The molecular formula is C14H10BrFN2O3. The molecule has 0 radical (unpaired) electrons. The molecule has 108 valence electrons. The van der Waals surface area contributed by atoms with Crippen LogP contribution < -0.4 is 5.32 Å². The Balaban J connectivity index is 2.41. The number of carbonyl (C=O) groups excluding carboxylic acids is 1. The predicted octanol–water partition coefficient (Wildman–Crippen LogP) is 4.44. The number of nitro groups is 1. The Kier molecular flexibility index (Phi) is 4.32. The first-order valence-electron chi connectivity index (χ1n) is 5.90. The molecule has 0 saturated heterocycles. The van der Waals surface area contributed by atoms with Crippen LogP contribution in [-0.4, -0.2) is 10.7 Å². The van der Waals surface area contributed by atoms with Gasteiger partial charge in [0, 0.05) is 17.3 Å². The summed E-state index contributed by atoms with van der Waals surface area (Å²) in [5, 5.41) is 13.9. The summed E-state index contributed by atoms with van der Waals surface area (Å²) in [6, 6.07) is 8.33. The fraction of sp³-hybridized carbons (Fsp3) is 0.0714. The number of carbonyl (C=O) groups is 1. The number of hydrogen-bond acceptors (Lipinski definition) is 4. The molecule has 0 aliphatic rings. The zero-order valence-corrected chi connectivity index (χ0v) is 12.5. The Hall–Kier alpha value is -2.28. The van der Waals surface area contributed by atoms with Crippen LogP contribution in [-0.2, 0) is 0 Å². The van der Waals surface area contributed by atoms with E-state index in [0.717, 1.165) is 0 Å². The number of nitrogens with zero attached hydrogens (tertiary/aromatic N) is 1. The van der Waals surface area contributed by atoms with E-state index in [9.17, 15) is 19.3 Å². The number of benzene rings is 2. The molecule has 0 atom stereocenters. The molecule has 5 nitrogen and oxygen atoms in total. The molecule has 7 heteroatoms. The summed E-state index contributed by atoms with van der Waals surface area (Å²) in [6.07, 6.45) is 0. The average molecular weight is 353 g/mol. The fourth-order valence-corrected chi connectivity index (χ4v) is 2.12. The third-order valence-corrected chi connectivity index (χ3v) is 3.41. The van der Waals surface area contributed by atoms with E-state index in [2.05, 4.69) is 21.2 Å². The fourth-order valence-electron chi connectivity index (χ4n) is 1.74. The van der Waals surface area contributed by atoms with Gasteiger partial charge < -0.3 is 5.32 Å². The number of nitro benzene ring substituents is 1. The van der Waals surface area contributed by atoms with Gasteiger partial charge in [0.15, 0.2) is 5.78 Å². The van der Waals surface area contributed by atoms with E-state index in [1.54, 1.807) is 0 Å². The quantitative estimate of drug-likeness (QED) is 0.501. The van der Waals surface area contributed by atoms with Crippen molar-refractivity contribution >= 4 is 38.8 Å². The number of rotatable bonds is 4. The van der Waals surface area contributed by atoms with Gasteiger partial charge in [-0.15, -0.1) is 0 Å². The van der Waals surface area contributed by atoms with Gasteiger partial charge in [-0.25, -0.2) is 4.39 Å². The van der Waals surface area contributed by atoms with Gasteiger partial charge in [0.05, 0.1) is 9.40 Å². The highest BCUT2D eigenvalue weighted by molar-refractivity contribution is 9.10. The van der Waals surface area contributed by atoms with E-state index in [0.29, 0.717) is 5.69 Å². The van der Waals surface area contributed by atoms with Crippen molar-refractivity contribution in [1.82, 2.24) is 0 Å². The lowest BCUT2D eigenvalue weighted by Gasteiger charge is -2.08. The highest BCUT2D eigenvalue weighted by Gasteiger charge is 2.16. The minimum Gasteiger partial charge on any atom is -0.350 e. The minimum atomic E-state index is -0.576. The van der Waals surface area contributed by atoms with Crippen LogP contribution in [0.2, 0.25) is 0 Å². The standard InChI is InChI=1S/C14H10BrFN2O3/c1-8(19)9-2-5-13(14(6-9)18(20)21)17-10-3-4-12(16)11(15)7-10/h2-7,17H,1H3. The molecule has 0 unspecified atom stereocenters. The number of Topliss-reactive ketones (excluding diaryl/α,β-unsaturated/α-hetero) is 1. The maximum Gasteiger partial charge on any atom is 0.293 e. The lowest BCUT2D eigenvalue weighted by atomic mass is 10.1. The molecule has 0 aromatic heterocycles. The first-order chi connectivity index (χ1) is 9.88. The second kappa shape index (κ2) is 6.01. The average Bonchev–Trinajstić information content (AvgIpc) is 2.43. The molecule has 21 heavy (non-hydrogen) atoms. The van der Waals surface area contributed by atoms with Crippen LogP contribution in [0.4, 0.5) is 21.5 Å². The lowest BCUT2D eigenvalue weighted by Crippen LogP contribution is -2.00. The molecule has 0 amide bonds. The summed E-state index contributed by atoms with van der Waals surface area (Å²) in [6.45, 7) is 1.34. The van der Waals surface area contributed by atoms with Gasteiger partial charge in [0.2, 0.25) is 0 Å². The number of anilines is 2. The van der Waals surface area contributed by atoms with Crippen LogP contribution in [0.15, 0.2) is 40.9 Å². The smallest absolute Gasteiger partial charge is 0.293 e. The Morgan fingerprint density at radius 3 is 2.57 bits per heavy atom. The summed E-state index contributed by atoms with van der Waals surface area (Å²) < 4.78 is 13.4. The summed E-state index contributed by atoms with van der Waals surface area (Å²) in [5.41, 5.74) is 0.751. The van der Waals surface area contributed by atoms with E-state index >= 15 is 0 Å². The minimum absolute atomic E-state index is 0.219. The monoisotopic (exact) mass is 352 g/mol. The molecule has 2 aromatic rings. The van der Waals surface area contributed by atoms with E-state index in [1.807, 2.05) is 0 Å². The van der Waals surface area contributed by atoms with Crippen molar-refractivity contribution in [2.45, 2.75) is 6.92 Å². The SMILES string of the molecule is CC(=O)c1ccc(Nc2ccc(F)c(Br)c2)c([N+](=O)[O-])c1. The van der Waals surface area contributed by atoms with Crippen molar-refractivity contribution in [3.63, 3.8) is 0 Å².